The molecule has 0 aliphatic carbocycles. The zero-order chi connectivity index (χ0) is 34.8. The fourth-order valence-corrected chi connectivity index (χ4v) is 6.68. The van der Waals surface area contributed by atoms with Crippen molar-refractivity contribution in [1.29, 1.82) is 0 Å². The minimum atomic E-state index is -4.37. The van der Waals surface area contributed by atoms with Crippen LogP contribution in [0, 0.1) is 11.7 Å². The van der Waals surface area contributed by atoms with Crippen LogP contribution in [0.25, 0.3) is 0 Å². The van der Waals surface area contributed by atoms with E-state index in [-0.39, 0.29) is 34.5 Å². The second kappa shape index (κ2) is 16.8. The molecule has 8 nitrogen and oxygen atoms in total. The maximum absolute atomic E-state index is 14.5. The fourth-order valence-electron chi connectivity index (χ4n) is 4.95. The highest BCUT2D eigenvalue weighted by Crippen LogP contribution is 2.28. The average Bonchev–Trinajstić information content (AvgIpc) is 3.07. The van der Waals surface area contributed by atoms with Gasteiger partial charge in [-0.05, 0) is 84.6 Å². The number of anilines is 1. The van der Waals surface area contributed by atoms with E-state index < -0.39 is 40.2 Å². The highest BCUT2D eigenvalue weighted by atomic mass is 35.5. The Morgan fingerprint density at radius 2 is 1.54 bits per heavy atom. The quantitative estimate of drug-likeness (QED) is 0.141. The molecule has 1 atom stereocenters. The fraction of sp³-hybridized carbons (Fsp3) is 0.278. The normalized spacial score (nSPS) is 12.0. The first kappa shape index (κ1) is 36.7. The van der Waals surface area contributed by atoms with Crippen molar-refractivity contribution in [2.24, 2.45) is 5.92 Å². The average molecular weight is 715 g/mol. The maximum atomic E-state index is 14.5. The van der Waals surface area contributed by atoms with Crippen LogP contribution in [0.4, 0.5) is 10.1 Å². The third kappa shape index (κ3) is 9.71. The summed E-state index contributed by atoms with van der Waals surface area (Å²) in [4.78, 5) is 29.6. The smallest absolute Gasteiger partial charge is 0.264 e. The number of hydrogen-bond acceptors (Lipinski definition) is 5. The van der Waals surface area contributed by atoms with E-state index >= 15 is 0 Å². The van der Waals surface area contributed by atoms with Gasteiger partial charge in [-0.1, -0.05) is 73.4 Å². The number of sulfonamides is 1. The van der Waals surface area contributed by atoms with Crippen molar-refractivity contribution in [3.8, 4) is 5.75 Å². The molecule has 4 aromatic rings. The molecule has 4 aromatic carbocycles. The molecule has 0 radical (unpaired) electrons. The van der Waals surface area contributed by atoms with Crippen molar-refractivity contribution in [3.63, 3.8) is 0 Å². The first-order chi connectivity index (χ1) is 22.9. The van der Waals surface area contributed by atoms with E-state index in [9.17, 15) is 22.4 Å². The van der Waals surface area contributed by atoms with Gasteiger partial charge in [0.1, 0.15) is 24.2 Å². The van der Waals surface area contributed by atoms with Gasteiger partial charge >= 0.3 is 0 Å². The van der Waals surface area contributed by atoms with Gasteiger partial charge in [0.15, 0.2) is 0 Å². The van der Waals surface area contributed by atoms with E-state index in [0.717, 1.165) is 22.0 Å². The lowest BCUT2D eigenvalue weighted by molar-refractivity contribution is -0.140. The number of nitrogens with zero attached hydrogens (tertiary/aromatic N) is 2. The number of nitrogens with one attached hydrogen (secondary N) is 1. The van der Waals surface area contributed by atoms with Crippen molar-refractivity contribution in [3.05, 3.63) is 124 Å². The van der Waals surface area contributed by atoms with Crippen molar-refractivity contribution in [2.75, 3.05) is 24.0 Å². The molecular weight excluding hydrogens is 676 g/mol. The minimum absolute atomic E-state index is 0.0667. The molecule has 0 aliphatic rings. The maximum Gasteiger partial charge on any atom is 0.264 e. The van der Waals surface area contributed by atoms with E-state index in [4.69, 9.17) is 27.9 Å². The van der Waals surface area contributed by atoms with Gasteiger partial charge in [0, 0.05) is 19.5 Å². The van der Waals surface area contributed by atoms with Gasteiger partial charge in [0.2, 0.25) is 11.8 Å². The van der Waals surface area contributed by atoms with E-state index in [1.54, 1.807) is 18.2 Å². The lowest BCUT2D eigenvalue weighted by Crippen LogP contribution is -2.53. The molecular formula is C36H38Cl2FN3O5S. The lowest BCUT2D eigenvalue weighted by Gasteiger charge is -2.34. The SMILES string of the molecule is CCOc1ccc(S(=O)(=O)N(CC(=O)N(Cc2ccc(Cl)c(Cl)c2)[C@@H](Cc2ccccc2)C(=O)NCC(C)C)c2ccc(F)cc2)cc1. The summed E-state index contributed by atoms with van der Waals surface area (Å²) >= 11 is 12.5. The van der Waals surface area contributed by atoms with Crippen LogP contribution in [0.1, 0.15) is 31.9 Å². The van der Waals surface area contributed by atoms with Crippen molar-refractivity contribution < 1.29 is 27.1 Å². The minimum Gasteiger partial charge on any atom is -0.494 e. The molecule has 0 heterocycles. The zero-order valence-corrected chi connectivity index (χ0v) is 29.2. The predicted octanol–water partition coefficient (Wildman–Crippen LogP) is 7.14. The Kier molecular flexibility index (Phi) is 12.9. The van der Waals surface area contributed by atoms with Crippen LogP contribution < -0.4 is 14.4 Å². The van der Waals surface area contributed by atoms with Crippen LogP contribution in [-0.2, 0) is 32.6 Å². The molecule has 1 N–H and O–H groups in total. The van der Waals surface area contributed by atoms with Crippen LogP contribution in [0.5, 0.6) is 5.75 Å². The highest BCUT2D eigenvalue weighted by Gasteiger charge is 2.35. The predicted molar refractivity (Wildman–Crippen MR) is 187 cm³/mol. The molecule has 4 rings (SSSR count). The van der Waals surface area contributed by atoms with Crippen LogP contribution in [0.15, 0.2) is 102 Å². The monoisotopic (exact) mass is 713 g/mol. The molecule has 2 amide bonds. The number of benzene rings is 4. The van der Waals surface area contributed by atoms with Crippen molar-refractivity contribution in [1.82, 2.24) is 10.2 Å². The van der Waals surface area contributed by atoms with Crippen molar-refractivity contribution in [2.45, 2.75) is 44.7 Å². The van der Waals surface area contributed by atoms with Gasteiger partial charge in [-0.25, -0.2) is 12.8 Å². The Labute approximate surface area is 291 Å². The second-order valence-electron chi connectivity index (χ2n) is 11.5. The van der Waals surface area contributed by atoms with E-state index in [1.807, 2.05) is 51.1 Å². The van der Waals surface area contributed by atoms with Gasteiger partial charge in [-0.3, -0.25) is 13.9 Å². The van der Waals surface area contributed by atoms with Crippen LogP contribution in [0.3, 0.4) is 0 Å². The zero-order valence-electron chi connectivity index (χ0n) is 26.9. The second-order valence-corrected chi connectivity index (χ2v) is 14.2. The highest BCUT2D eigenvalue weighted by molar-refractivity contribution is 7.92. The molecule has 0 spiro atoms. The summed E-state index contributed by atoms with van der Waals surface area (Å²) in [5, 5.41) is 3.52. The van der Waals surface area contributed by atoms with Gasteiger partial charge in [0.25, 0.3) is 10.0 Å². The first-order valence-corrected chi connectivity index (χ1v) is 17.6. The van der Waals surface area contributed by atoms with E-state index in [1.165, 1.54) is 41.3 Å². The van der Waals surface area contributed by atoms with E-state index in [0.29, 0.717) is 29.5 Å². The van der Waals surface area contributed by atoms with Gasteiger partial charge in [0.05, 0.1) is 27.2 Å². The summed E-state index contributed by atoms with van der Waals surface area (Å²) in [7, 11) is -4.37. The molecule has 0 aromatic heterocycles. The molecule has 0 fully saturated rings. The number of rotatable bonds is 15. The lowest BCUT2D eigenvalue weighted by atomic mass is 10.0. The number of ether oxygens (including phenoxy) is 1. The van der Waals surface area contributed by atoms with Gasteiger partial charge < -0.3 is 15.0 Å². The number of halogens is 3. The third-order valence-corrected chi connectivity index (χ3v) is 9.94. The van der Waals surface area contributed by atoms with Crippen LogP contribution in [0.2, 0.25) is 10.0 Å². The molecule has 0 aliphatic heterocycles. The van der Waals surface area contributed by atoms with Crippen LogP contribution >= 0.6 is 23.2 Å². The molecule has 0 bridgehead atoms. The molecule has 0 unspecified atom stereocenters. The Bertz CT molecular complexity index is 1790. The number of carbonyl (C=O) groups excluding carboxylic acids is 2. The summed E-state index contributed by atoms with van der Waals surface area (Å²) in [6.45, 7) is 5.71. The first-order valence-electron chi connectivity index (χ1n) is 15.4. The van der Waals surface area contributed by atoms with Gasteiger partial charge in [-0.15, -0.1) is 0 Å². The summed E-state index contributed by atoms with van der Waals surface area (Å²) in [6, 6.07) is 23.7. The number of carbonyl (C=O) groups is 2. The summed E-state index contributed by atoms with van der Waals surface area (Å²) < 4.78 is 48.7. The van der Waals surface area contributed by atoms with Gasteiger partial charge in [-0.2, -0.15) is 0 Å². The Morgan fingerprint density at radius 3 is 2.15 bits per heavy atom. The number of hydrogen-bond donors (Lipinski definition) is 1. The third-order valence-electron chi connectivity index (χ3n) is 7.41. The summed E-state index contributed by atoms with van der Waals surface area (Å²) in [6.07, 6.45) is 0.153. The van der Waals surface area contributed by atoms with Crippen LogP contribution in [-0.4, -0.2) is 50.9 Å². The topological polar surface area (TPSA) is 96.0 Å². The Hall–Kier alpha value is -4.12. The summed E-state index contributed by atoms with van der Waals surface area (Å²) in [5.74, 6) is -1.03. The van der Waals surface area contributed by atoms with E-state index in [2.05, 4.69) is 5.32 Å². The Morgan fingerprint density at radius 1 is 0.875 bits per heavy atom. The molecule has 12 heteroatoms. The summed E-state index contributed by atoms with van der Waals surface area (Å²) in [5.41, 5.74) is 1.44. The largest absolute Gasteiger partial charge is 0.494 e. The number of amides is 2. The van der Waals surface area contributed by atoms with Crippen molar-refractivity contribution >= 4 is 50.7 Å². The molecule has 0 saturated carbocycles. The molecule has 48 heavy (non-hydrogen) atoms. The Balaban J connectivity index is 1.80. The molecule has 0 saturated heterocycles. The molecule has 254 valence electrons. The standard InChI is InChI=1S/C36H38Cl2FN3O5S/c1-4-47-30-15-17-31(18-16-30)48(45,46)42(29-13-11-28(39)12-14-29)24-35(43)41(23-27-10-19-32(37)33(38)20-27)34(36(44)40-22-25(2)3)21-26-8-6-5-7-9-26/h5-20,25,34H,4,21-24H2,1-3H3,(H,40,44)/t34-/m0/s1.